The molecular formula is C22H27N5O3. The second kappa shape index (κ2) is 9.87. The molecule has 8 heteroatoms. The molecule has 4 rings (SSSR count). The smallest absolute Gasteiger partial charge is 0.290 e. The number of carboxylic acid groups (broad SMARTS) is 1. The van der Waals surface area contributed by atoms with Crippen LogP contribution in [0.5, 0.6) is 0 Å². The van der Waals surface area contributed by atoms with Crippen LogP contribution in [-0.4, -0.2) is 49.2 Å². The van der Waals surface area contributed by atoms with Gasteiger partial charge in [0, 0.05) is 43.3 Å². The summed E-state index contributed by atoms with van der Waals surface area (Å²) in [6.45, 7) is 0.275. The van der Waals surface area contributed by atoms with Gasteiger partial charge in [-0.15, -0.1) is 0 Å². The van der Waals surface area contributed by atoms with Crippen molar-refractivity contribution in [2.75, 3.05) is 7.05 Å². The Balaban J connectivity index is 0.000000806. The number of aryl methyl sites for hydroxylation is 2. The maximum Gasteiger partial charge on any atom is 0.290 e. The summed E-state index contributed by atoms with van der Waals surface area (Å²) < 4.78 is 1.95. The number of rotatable bonds is 4. The third-order valence-corrected chi connectivity index (χ3v) is 5.31. The first-order valence-corrected chi connectivity index (χ1v) is 10.0. The van der Waals surface area contributed by atoms with Crippen LogP contribution in [0.3, 0.4) is 0 Å². The number of hydrogen-bond acceptors (Lipinski definition) is 4. The summed E-state index contributed by atoms with van der Waals surface area (Å²) >= 11 is 0. The Morgan fingerprint density at radius 2 is 2.07 bits per heavy atom. The number of nitrogens with one attached hydrogen (secondary N) is 1. The summed E-state index contributed by atoms with van der Waals surface area (Å²) in [4.78, 5) is 27.5. The van der Waals surface area contributed by atoms with E-state index in [1.165, 1.54) is 30.5 Å². The lowest BCUT2D eigenvalue weighted by molar-refractivity contribution is -0.122. The number of nitrogens with zero attached hydrogens (tertiary/aromatic N) is 4. The van der Waals surface area contributed by atoms with Crippen LogP contribution in [-0.2, 0) is 31.2 Å². The molecule has 0 saturated heterocycles. The molecule has 0 bridgehead atoms. The molecule has 2 N–H and O–H groups in total. The highest BCUT2D eigenvalue weighted by atomic mass is 16.3. The lowest BCUT2D eigenvalue weighted by Crippen LogP contribution is -2.27. The fourth-order valence-electron chi connectivity index (χ4n) is 3.81. The van der Waals surface area contributed by atoms with Crippen molar-refractivity contribution in [2.45, 2.75) is 38.6 Å². The van der Waals surface area contributed by atoms with Gasteiger partial charge >= 0.3 is 0 Å². The predicted molar refractivity (Wildman–Crippen MR) is 113 cm³/mol. The number of carbonyl (C=O) groups is 2. The molecule has 1 aromatic carbocycles. The van der Waals surface area contributed by atoms with E-state index < -0.39 is 0 Å². The van der Waals surface area contributed by atoms with Crippen LogP contribution < -0.4 is 0 Å². The number of benzene rings is 1. The minimum Gasteiger partial charge on any atom is -0.483 e. The largest absolute Gasteiger partial charge is 0.483 e. The van der Waals surface area contributed by atoms with Gasteiger partial charge in [0.2, 0.25) is 0 Å². The van der Waals surface area contributed by atoms with Crippen molar-refractivity contribution in [1.82, 2.24) is 24.6 Å². The molecule has 30 heavy (non-hydrogen) atoms. The maximum absolute atomic E-state index is 13.0. The zero-order valence-corrected chi connectivity index (χ0v) is 17.3. The Morgan fingerprint density at radius 3 is 2.80 bits per heavy atom. The standard InChI is InChI=1S/C21H25N5O.CH2O2/c1-25-12-11-22-20(25)15-7-6-8-16(13-15)21(27)26(2)14-19-17-9-4-3-5-10-18(17)23-24-19;2-1-3/h6-8,11-13H,3-5,9-10,14H2,1-2H3,(H,23,24);1H,(H,2,3). The maximum atomic E-state index is 13.0. The number of aromatic amines is 1. The van der Waals surface area contributed by atoms with Crippen molar-refractivity contribution in [3.63, 3.8) is 0 Å². The molecule has 1 amide bonds. The number of aromatic nitrogens is 4. The first-order chi connectivity index (χ1) is 14.5. The van der Waals surface area contributed by atoms with Crippen LogP contribution in [0.2, 0.25) is 0 Å². The number of H-pyrrole nitrogens is 1. The normalized spacial score (nSPS) is 12.9. The first-order valence-electron chi connectivity index (χ1n) is 10.0. The topological polar surface area (TPSA) is 104 Å². The summed E-state index contributed by atoms with van der Waals surface area (Å²) in [5, 5.41) is 14.6. The summed E-state index contributed by atoms with van der Waals surface area (Å²) in [5.74, 6) is 0.848. The number of hydrogen-bond donors (Lipinski definition) is 2. The Morgan fingerprint density at radius 1 is 1.30 bits per heavy atom. The Labute approximate surface area is 175 Å². The molecule has 0 saturated carbocycles. The Bertz CT molecular complexity index is 1010. The van der Waals surface area contributed by atoms with Crippen LogP contribution in [0.4, 0.5) is 0 Å². The highest BCUT2D eigenvalue weighted by Gasteiger charge is 2.20. The van der Waals surface area contributed by atoms with Crippen LogP contribution in [0, 0.1) is 0 Å². The molecule has 2 heterocycles. The highest BCUT2D eigenvalue weighted by molar-refractivity contribution is 5.95. The molecule has 3 aromatic rings. The molecule has 158 valence electrons. The third kappa shape index (κ3) is 4.76. The van der Waals surface area contributed by atoms with Crippen molar-refractivity contribution in [3.05, 3.63) is 59.2 Å². The molecule has 0 spiro atoms. The van der Waals surface area contributed by atoms with Crippen LogP contribution in [0.15, 0.2) is 36.7 Å². The lowest BCUT2D eigenvalue weighted by atomic mass is 10.1. The SMILES string of the molecule is CN(Cc1n[nH]c2c1CCCCC2)C(=O)c1cccc(-c2nccn2C)c1.O=CO. The van der Waals surface area contributed by atoms with Gasteiger partial charge in [-0.2, -0.15) is 5.10 Å². The van der Waals surface area contributed by atoms with Crippen molar-refractivity contribution < 1.29 is 14.7 Å². The van der Waals surface area contributed by atoms with Gasteiger partial charge in [-0.3, -0.25) is 14.7 Å². The van der Waals surface area contributed by atoms with E-state index >= 15 is 0 Å². The number of imidazole rings is 1. The minimum absolute atomic E-state index is 0.00330. The van der Waals surface area contributed by atoms with E-state index in [0.717, 1.165) is 29.9 Å². The number of carbonyl (C=O) groups excluding carboxylic acids is 1. The van der Waals surface area contributed by atoms with E-state index in [1.54, 1.807) is 11.1 Å². The van der Waals surface area contributed by atoms with Gasteiger partial charge < -0.3 is 14.6 Å². The van der Waals surface area contributed by atoms with E-state index in [9.17, 15) is 4.79 Å². The minimum atomic E-state index is -0.250. The van der Waals surface area contributed by atoms with Crippen molar-refractivity contribution in [3.8, 4) is 11.4 Å². The van der Waals surface area contributed by atoms with E-state index in [-0.39, 0.29) is 12.4 Å². The Hall–Kier alpha value is -3.42. The predicted octanol–water partition coefficient (Wildman–Crippen LogP) is 3.05. The zero-order chi connectivity index (χ0) is 21.5. The molecular weight excluding hydrogens is 382 g/mol. The number of fused-ring (bicyclic) bond motifs is 1. The van der Waals surface area contributed by atoms with Crippen molar-refractivity contribution >= 4 is 12.4 Å². The average Bonchev–Trinajstić information content (AvgIpc) is 3.26. The summed E-state index contributed by atoms with van der Waals surface area (Å²) in [6.07, 6.45) is 9.45. The second-order valence-corrected chi connectivity index (χ2v) is 7.40. The molecule has 1 aliphatic carbocycles. The van der Waals surface area contributed by atoms with Crippen molar-refractivity contribution in [1.29, 1.82) is 0 Å². The zero-order valence-electron chi connectivity index (χ0n) is 17.3. The van der Waals surface area contributed by atoms with E-state index in [1.807, 2.05) is 49.1 Å². The van der Waals surface area contributed by atoms with Gasteiger partial charge in [0.1, 0.15) is 5.82 Å². The van der Waals surface area contributed by atoms with Crippen LogP contribution in [0.25, 0.3) is 11.4 Å². The quantitative estimate of drug-likeness (QED) is 0.509. The molecule has 2 aromatic heterocycles. The van der Waals surface area contributed by atoms with Gasteiger partial charge in [0.25, 0.3) is 12.4 Å². The fraction of sp³-hybridized carbons (Fsp3) is 0.364. The first kappa shape index (κ1) is 21.3. The number of amides is 1. The summed E-state index contributed by atoms with van der Waals surface area (Å²) in [5.41, 5.74) is 5.17. The van der Waals surface area contributed by atoms with Gasteiger partial charge in [0.15, 0.2) is 0 Å². The highest BCUT2D eigenvalue weighted by Crippen LogP contribution is 2.23. The van der Waals surface area contributed by atoms with E-state index in [2.05, 4.69) is 15.2 Å². The lowest BCUT2D eigenvalue weighted by Gasteiger charge is -2.17. The third-order valence-electron chi connectivity index (χ3n) is 5.31. The van der Waals surface area contributed by atoms with E-state index in [0.29, 0.717) is 12.1 Å². The fourth-order valence-corrected chi connectivity index (χ4v) is 3.81. The summed E-state index contributed by atoms with van der Waals surface area (Å²) in [6, 6.07) is 7.65. The van der Waals surface area contributed by atoms with Crippen LogP contribution in [0.1, 0.15) is 46.6 Å². The van der Waals surface area contributed by atoms with Gasteiger partial charge in [0.05, 0.1) is 12.2 Å². The van der Waals surface area contributed by atoms with Crippen molar-refractivity contribution in [2.24, 2.45) is 7.05 Å². The van der Waals surface area contributed by atoms with Gasteiger partial charge in [-0.25, -0.2) is 4.98 Å². The monoisotopic (exact) mass is 409 g/mol. The summed E-state index contributed by atoms with van der Waals surface area (Å²) in [7, 11) is 3.79. The molecule has 8 nitrogen and oxygen atoms in total. The molecule has 0 unspecified atom stereocenters. The van der Waals surface area contributed by atoms with Gasteiger partial charge in [-0.1, -0.05) is 18.6 Å². The van der Waals surface area contributed by atoms with Gasteiger partial charge in [-0.05, 0) is 43.4 Å². The molecule has 0 aliphatic heterocycles. The Kier molecular flexibility index (Phi) is 7.00. The molecule has 0 radical (unpaired) electrons. The second-order valence-electron chi connectivity index (χ2n) is 7.40. The van der Waals surface area contributed by atoms with E-state index in [4.69, 9.17) is 9.90 Å². The molecule has 1 aliphatic rings. The molecule has 0 fully saturated rings. The molecule has 0 atom stereocenters. The van der Waals surface area contributed by atoms with Crippen LogP contribution >= 0.6 is 0 Å². The average molecular weight is 409 g/mol.